The molecule has 0 saturated carbocycles. The SMILES string of the molecule is CCOC(=O)C(CN)Cc1ccc(OC(F)(F)F)cc1. The zero-order valence-corrected chi connectivity index (χ0v) is 10.9. The van der Waals surface area contributed by atoms with Crippen molar-refractivity contribution in [2.75, 3.05) is 13.2 Å². The molecular weight excluding hydrogens is 275 g/mol. The van der Waals surface area contributed by atoms with Gasteiger partial charge in [-0.15, -0.1) is 13.2 Å². The Labute approximate surface area is 114 Å². The predicted octanol–water partition coefficient (Wildman–Crippen LogP) is 2.27. The predicted molar refractivity (Wildman–Crippen MR) is 66.0 cm³/mol. The van der Waals surface area contributed by atoms with Crippen molar-refractivity contribution in [3.63, 3.8) is 0 Å². The molecule has 0 aliphatic rings. The van der Waals surface area contributed by atoms with E-state index in [9.17, 15) is 18.0 Å². The van der Waals surface area contributed by atoms with Gasteiger partial charge in [-0.25, -0.2) is 0 Å². The molecule has 0 bridgehead atoms. The van der Waals surface area contributed by atoms with Crippen LogP contribution in [0.5, 0.6) is 5.75 Å². The number of hydrogen-bond acceptors (Lipinski definition) is 4. The van der Waals surface area contributed by atoms with E-state index in [1.54, 1.807) is 6.92 Å². The first-order valence-electron chi connectivity index (χ1n) is 6.07. The van der Waals surface area contributed by atoms with Crippen LogP contribution >= 0.6 is 0 Å². The molecule has 0 amide bonds. The lowest BCUT2D eigenvalue weighted by atomic mass is 9.99. The standard InChI is InChI=1S/C13H16F3NO3/c1-2-19-12(18)10(8-17)7-9-3-5-11(6-4-9)20-13(14,15)16/h3-6,10H,2,7-8,17H2,1H3. The van der Waals surface area contributed by atoms with Gasteiger partial charge in [-0.3, -0.25) is 4.79 Å². The Bertz CT molecular complexity index is 431. The van der Waals surface area contributed by atoms with Gasteiger partial charge in [0.25, 0.3) is 0 Å². The summed E-state index contributed by atoms with van der Waals surface area (Å²) in [6.07, 6.45) is -4.41. The Morgan fingerprint density at radius 3 is 2.35 bits per heavy atom. The van der Waals surface area contributed by atoms with E-state index in [1.165, 1.54) is 24.3 Å². The van der Waals surface area contributed by atoms with Gasteiger partial charge in [-0.05, 0) is 31.0 Å². The molecule has 1 aromatic rings. The third-order valence-corrected chi connectivity index (χ3v) is 2.54. The molecule has 4 nitrogen and oxygen atoms in total. The molecule has 0 aliphatic heterocycles. The van der Waals surface area contributed by atoms with E-state index in [2.05, 4.69) is 4.74 Å². The molecule has 1 rings (SSSR count). The van der Waals surface area contributed by atoms with Crippen molar-refractivity contribution in [3.05, 3.63) is 29.8 Å². The number of esters is 1. The third kappa shape index (κ3) is 5.48. The number of nitrogens with two attached hydrogens (primary N) is 1. The van der Waals surface area contributed by atoms with Crippen LogP contribution in [0.25, 0.3) is 0 Å². The summed E-state index contributed by atoms with van der Waals surface area (Å²) in [5.74, 6) is -1.23. The molecule has 20 heavy (non-hydrogen) atoms. The largest absolute Gasteiger partial charge is 0.573 e. The maximum atomic E-state index is 12.0. The third-order valence-electron chi connectivity index (χ3n) is 2.54. The minimum absolute atomic E-state index is 0.111. The zero-order valence-electron chi connectivity index (χ0n) is 10.9. The Hall–Kier alpha value is -1.76. The van der Waals surface area contributed by atoms with E-state index in [-0.39, 0.29) is 18.9 Å². The van der Waals surface area contributed by atoms with E-state index in [1.807, 2.05) is 0 Å². The van der Waals surface area contributed by atoms with Crippen LogP contribution in [-0.4, -0.2) is 25.5 Å². The number of benzene rings is 1. The topological polar surface area (TPSA) is 61.5 Å². The lowest BCUT2D eigenvalue weighted by Crippen LogP contribution is -2.27. The highest BCUT2D eigenvalue weighted by molar-refractivity contribution is 5.73. The first kappa shape index (κ1) is 16.3. The number of alkyl halides is 3. The monoisotopic (exact) mass is 291 g/mol. The fourth-order valence-corrected chi connectivity index (χ4v) is 1.63. The Kier molecular flexibility index (Phi) is 5.82. The summed E-state index contributed by atoms with van der Waals surface area (Å²) >= 11 is 0. The normalized spacial score (nSPS) is 12.8. The molecule has 2 N–H and O–H groups in total. The van der Waals surface area contributed by atoms with Gasteiger partial charge in [0.1, 0.15) is 5.75 Å². The van der Waals surface area contributed by atoms with Gasteiger partial charge in [0.05, 0.1) is 12.5 Å². The maximum Gasteiger partial charge on any atom is 0.573 e. The maximum absolute atomic E-state index is 12.0. The van der Waals surface area contributed by atoms with E-state index >= 15 is 0 Å². The van der Waals surface area contributed by atoms with Crippen LogP contribution in [0.3, 0.4) is 0 Å². The van der Waals surface area contributed by atoms with Crippen molar-refractivity contribution in [3.8, 4) is 5.75 Å². The van der Waals surface area contributed by atoms with Gasteiger partial charge in [0.2, 0.25) is 0 Å². The summed E-state index contributed by atoms with van der Waals surface area (Å²) in [7, 11) is 0. The summed E-state index contributed by atoms with van der Waals surface area (Å²) in [6.45, 7) is 2.06. The Balaban J connectivity index is 2.66. The molecule has 0 radical (unpaired) electrons. The number of ether oxygens (including phenoxy) is 2. The number of carbonyl (C=O) groups excluding carboxylic acids is 1. The van der Waals surface area contributed by atoms with Crippen molar-refractivity contribution < 1.29 is 27.4 Å². The molecular formula is C13H16F3NO3. The van der Waals surface area contributed by atoms with E-state index in [0.29, 0.717) is 12.0 Å². The van der Waals surface area contributed by atoms with Crippen LogP contribution in [0, 0.1) is 5.92 Å². The van der Waals surface area contributed by atoms with Crippen LogP contribution in [0.1, 0.15) is 12.5 Å². The fraction of sp³-hybridized carbons (Fsp3) is 0.462. The van der Waals surface area contributed by atoms with Gasteiger partial charge < -0.3 is 15.2 Å². The quantitative estimate of drug-likeness (QED) is 0.817. The second-order valence-electron chi connectivity index (χ2n) is 4.08. The van der Waals surface area contributed by atoms with E-state index in [0.717, 1.165) is 0 Å². The van der Waals surface area contributed by atoms with Crippen molar-refractivity contribution in [2.24, 2.45) is 11.7 Å². The summed E-state index contributed by atoms with van der Waals surface area (Å²) in [6, 6.07) is 5.31. The Morgan fingerprint density at radius 1 is 1.30 bits per heavy atom. The first-order chi connectivity index (χ1) is 9.35. The lowest BCUT2D eigenvalue weighted by molar-refractivity contribution is -0.274. The lowest BCUT2D eigenvalue weighted by Gasteiger charge is -2.14. The van der Waals surface area contributed by atoms with Crippen LogP contribution in [0.2, 0.25) is 0 Å². The average molecular weight is 291 g/mol. The number of rotatable bonds is 6. The molecule has 0 heterocycles. The molecule has 0 fully saturated rings. The van der Waals surface area contributed by atoms with Gasteiger partial charge in [0.15, 0.2) is 0 Å². The van der Waals surface area contributed by atoms with E-state index < -0.39 is 18.2 Å². The molecule has 0 aliphatic carbocycles. The van der Waals surface area contributed by atoms with Crippen LogP contribution < -0.4 is 10.5 Å². The molecule has 0 aromatic heterocycles. The highest BCUT2D eigenvalue weighted by Gasteiger charge is 2.31. The number of hydrogen-bond donors (Lipinski definition) is 1. The Morgan fingerprint density at radius 2 is 1.90 bits per heavy atom. The molecule has 112 valence electrons. The van der Waals surface area contributed by atoms with Gasteiger partial charge in [-0.2, -0.15) is 0 Å². The van der Waals surface area contributed by atoms with Crippen molar-refractivity contribution >= 4 is 5.97 Å². The second kappa shape index (κ2) is 7.14. The molecule has 7 heteroatoms. The van der Waals surface area contributed by atoms with Crippen molar-refractivity contribution in [2.45, 2.75) is 19.7 Å². The van der Waals surface area contributed by atoms with Crippen molar-refractivity contribution in [1.29, 1.82) is 0 Å². The molecule has 0 spiro atoms. The zero-order chi connectivity index (χ0) is 15.2. The summed E-state index contributed by atoms with van der Waals surface area (Å²) in [5, 5.41) is 0. The van der Waals surface area contributed by atoms with Crippen molar-refractivity contribution in [1.82, 2.24) is 0 Å². The van der Waals surface area contributed by atoms with E-state index in [4.69, 9.17) is 10.5 Å². The summed E-state index contributed by atoms with van der Waals surface area (Å²) < 4.78 is 44.6. The number of carbonyl (C=O) groups is 1. The molecule has 1 aromatic carbocycles. The van der Waals surface area contributed by atoms with Crippen LogP contribution in [-0.2, 0) is 16.0 Å². The van der Waals surface area contributed by atoms with Crippen LogP contribution in [0.15, 0.2) is 24.3 Å². The second-order valence-corrected chi connectivity index (χ2v) is 4.08. The van der Waals surface area contributed by atoms with Gasteiger partial charge >= 0.3 is 12.3 Å². The summed E-state index contributed by atoms with van der Waals surface area (Å²) in [4.78, 5) is 11.6. The van der Waals surface area contributed by atoms with Crippen LogP contribution in [0.4, 0.5) is 13.2 Å². The van der Waals surface area contributed by atoms with Gasteiger partial charge in [-0.1, -0.05) is 12.1 Å². The number of halogens is 3. The fourth-order valence-electron chi connectivity index (χ4n) is 1.63. The smallest absolute Gasteiger partial charge is 0.466 e. The highest BCUT2D eigenvalue weighted by Crippen LogP contribution is 2.23. The van der Waals surface area contributed by atoms with Gasteiger partial charge in [0, 0.05) is 6.54 Å². The minimum atomic E-state index is -4.72. The molecule has 1 unspecified atom stereocenters. The molecule has 0 saturated heterocycles. The average Bonchev–Trinajstić information content (AvgIpc) is 2.36. The first-order valence-corrected chi connectivity index (χ1v) is 6.07. The minimum Gasteiger partial charge on any atom is -0.466 e. The molecule has 1 atom stereocenters. The summed E-state index contributed by atoms with van der Waals surface area (Å²) in [5.41, 5.74) is 6.17. The highest BCUT2D eigenvalue weighted by atomic mass is 19.4.